The van der Waals surface area contributed by atoms with Gasteiger partial charge in [0.2, 0.25) is 17.8 Å². The zero-order chi connectivity index (χ0) is 26.8. The molecule has 1 aromatic carbocycles. The van der Waals surface area contributed by atoms with Crippen LogP contribution < -0.4 is 21.1 Å². The van der Waals surface area contributed by atoms with Crippen LogP contribution in [0.15, 0.2) is 30.9 Å². The number of methoxy groups -OCH3 is 1. The van der Waals surface area contributed by atoms with Gasteiger partial charge in [-0.25, -0.2) is 4.98 Å². The second-order valence-corrected chi connectivity index (χ2v) is 9.36. The number of nitrogens with two attached hydrogens (primary N) is 1. The van der Waals surface area contributed by atoms with Crippen LogP contribution in [0.2, 0.25) is 5.02 Å². The third-order valence-electron chi connectivity index (χ3n) is 6.22. The van der Waals surface area contributed by atoms with E-state index in [2.05, 4.69) is 22.2 Å². The number of fused-ring (bicyclic) bond motifs is 1. The standard InChI is InChI=1S/C26H36ClN5O5/c1-4-23(33)29-5-7-36-9-10-37-8-6-30-25(34)22-14-19(16-32-24(22)17(2)31-26(32)28)11-18-12-20(27)15-21(13-18)35-3/h4,12-13,15,19,22H,1,5-11,14,16H2,2-3H3,(H2,28,31)(H,29,33)(H,30,34)/t19-,22+/m0/s1. The van der Waals surface area contributed by atoms with E-state index in [1.165, 1.54) is 6.08 Å². The van der Waals surface area contributed by atoms with Gasteiger partial charge >= 0.3 is 0 Å². The van der Waals surface area contributed by atoms with Crippen molar-refractivity contribution in [3.05, 3.63) is 52.8 Å². The molecule has 0 spiro atoms. The number of hydrogen-bond donors (Lipinski definition) is 3. The van der Waals surface area contributed by atoms with E-state index in [4.69, 9.17) is 31.5 Å². The smallest absolute Gasteiger partial charge is 0.243 e. The molecule has 10 nitrogen and oxygen atoms in total. The Hall–Kier alpha value is -3.08. The molecule has 1 aromatic heterocycles. The molecule has 0 saturated heterocycles. The maximum Gasteiger partial charge on any atom is 0.243 e. The first-order valence-electron chi connectivity index (χ1n) is 12.3. The number of aryl methyl sites for hydroxylation is 1. The van der Waals surface area contributed by atoms with Crippen LogP contribution in [0.5, 0.6) is 5.75 Å². The van der Waals surface area contributed by atoms with Gasteiger partial charge < -0.3 is 35.1 Å². The zero-order valence-electron chi connectivity index (χ0n) is 21.4. The number of hydrogen-bond acceptors (Lipinski definition) is 7. The van der Waals surface area contributed by atoms with Crippen molar-refractivity contribution in [3.63, 3.8) is 0 Å². The van der Waals surface area contributed by atoms with Crippen molar-refractivity contribution in [1.29, 1.82) is 0 Å². The van der Waals surface area contributed by atoms with E-state index in [-0.39, 0.29) is 23.7 Å². The van der Waals surface area contributed by atoms with Gasteiger partial charge in [0.15, 0.2) is 0 Å². The molecule has 37 heavy (non-hydrogen) atoms. The number of rotatable bonds is 14. The second kappa shape index (κ2) is 14.0. The molecule has 2 aromatic rings. The maximum absolute atomic E-state index is 13.2. The van der Waals surface area contributed by atoms with Crippen molar-refractivity contribution in [2.75, 3.05) is 52.4 Å². The molecule has 202 valence electrons. The number of ether oxygens (including phenoxy) is 3. The van der Waals surface area contributed by atoms with Gasteiger partial charge in [0.25, 0.3) is 0 Å². The molecule has 0 radical (unpaired) electrons. The number of anilines is 1. The van der Waals surface area contributed by atoms with Crippen LogP contribution in [0, 0.1) is 12.8 Å². The highest BCUT2D eigenvalue weighted by atomic mass is 35.5. The lowest BCUT2D eigenvalue weighted by molar-refractivity contribution is -0.123. The second-order valence-electron chi connectivity index (χ2n) is 8.92. The van der Waals surface area contributed by atoms with Gasteiger partial charge in [-0.1, -0.05) is 18.2 Å². The van der Waals surface area contributed by atoms with Crippen LogP contribution in [-0.2, 0) is 32.0 Å². The Morgan fingerprint density at radius 2 is 1.89 bits per heavy atom. The third-order valence-corrected chi connectivity index (χ3v) is 6.43. The predicted molar refractivity (Wildman–Crippen MR) is 142 cm³/mol. The molecule has 0 saturated carbocycles. The molecule has 4 N–H and O–H groups in total. The van der Waals surface area contributed by atoms with Gasteiger partial charge in [0, 0.05) is 24.7 Å². The van der Waals surface area contributed by atoms with Crippen LogP contribution >= 0.6 is 11.6 Å². The topological polar surface area (TPSA) is 130 Å². The van der Waals surface area contributed by atoms with Gasteiger partial charge in [0.05, 0.1) is 50.8 Å². The number of nitrogens with one attached hydrogen (secondary N) is 2. The molecule has 0 aliphatic carbocycles. The van der Waals surface area contributed by atoms with E-state index in [1.54, 1.807) is 13.2 Å². The fourth-order valence-corrected chi connectivity index (χ4v) is 4.84. The Morgan fingerprint density at radius 1 is 1.19 bits per heavy atom. The Morgan fingerprint density at radius 3 is 2.57 bits per heavy atom. The van der Waals surface area contributed by atoms with Crippen LogP contribution in [0.3, 0.4) is 0 Å². The summed E-state index contributed by atoms with van der Waals surface area (Å²) in [5, 5.41) is 6.23. The predicted octanol–water partition coefficient (Wildman–Crippen LogP) is 2.23. The highest BCUT2D eigenvalue weighted by Gasteiger charge is 2.35. The van der Waals surface area contributed by atoms with Gasteiger partial charge in [-0.2, -0.15) is 0 Å². The summed E-state index contributed by atoms with van der Waals surface area (Å²) < 4.78 is 18.2. The molecule has 2 amide bonds. The van der Waals surface area contributed by atoms with E-state index in [0.29, 0.717) is 69.2 Å². The SMILES string of the molecule is C=CC(=O)NCCOCCOCCNC(=O)[C@@H]1C[C@H](Cc2cc(Cl)cc(OC)c2)Cn2c(N)nc(C)c21. The largest absolute Gasteiger partial charge is 0.497 e. The van der Waals surface area contributed by atoms with Crippen LogP contribution in [0.25, 0.3) is 0 Å². The molecule has 0 bridgehead atoms. The quantitative estimate of drug-likeness (QED) is 0.251. The first-order chi connectivity index (χ1) is 17.8. The summed E-state index contributed by atoms with van der Waals surface area (Å²) in [7, 11) is 1.61. The lowest BCUT2D eigenvalue weighted by atomic mass is 9.83. The van der Waals surface area contributed by atoms with Crippen molar-refractivity contribution in [1.82, 2.24) is 20.2 Å². The van der Waals surface area contributed by atoms with E-state index in [9.17, 15) is 9.59 Å². The van der Waals surface area contributed by atoms with Gasteiger partial charge in [-0.05, 0) is 55.5 Å². The number of halogens is 1. The van der Waals surface area contributed by atoms with Gasteiger partial charge in [-0.3, -0.25) is 9.59 Å². The number of aromatic nitrogens is 2. The minimum Gasteiger partial charge on any atom is -0.497 e. The number of nitrogens with zero attached hydrogens (tertiary/aromatic N) is 2. The fraction of sp³-hybridized carbons (Fsp3) is 0.500. The first-order valence-corrected chi connectivity index (χ1v) is 12.7. The monoisotopic (exact) mass is 533 g/mol. The Labute approximate surface area is 222 Å². The summed E-state index contributed by atoms with van der Waals surface area (Å²) in [5.41, 5.74) is 8.88. The maximum atomic E-state index is 13.2. The molecular formula is C26H36ClN5O5. The molecule has 2 heterocycles. The Balaban J connectivity index is 1.49. The van der Waals surface area contributed by atoms with Gasteiger partial charge in [-0.15, -0.1) is 0 Å². The summed E-state index contributed by atoms with van der Waals surface area (Å²) in [6, 6.07) is 5.67. The number of carbonyl (C=O) groups excluding carboxylic acids is 2. The highest BCUT2D eigenvalue weighted by molar-refractivity contribution is 6.30. The fourth-order valence-electron chi connectivity index (χ4n) is 4.60. The number of amides is 2. The zero-order valence-corrected chi connectivity index (χ0v) is 22.2. The lowest BCUT2D eigenvalue weighted by Gasteiger charge is -2.31. The van der Waals surface area contributed by atoms with E-state index >= 15 is 0 Å². The molecule has 1 aliphatic heterocycles. The van der Waals surface area contributed by atoms with Crippen molar-refractivity contribution in [2.24, 2.45) is 5.92 Å². The summed E-state index contributed by atoms with van der Waals surface area (Å²) in [6.45, 7) is 8.28. The first kappa shape index (κ1) is 28.5. The summed E-state index contributed by atoms with van der Waals surface area (Å²) in [4.78, 5) is 28.7. The highest BCUT2D eigenvalue weighted by Crippen LogP contribution is 2.37. The molecule has 0 unspecified atom stereocenters. The average molecular weight is 534 g/mol. The lowest BCUT2D eigenvalue weighted by Crippen LogP contribution is -2.38. The summed E-state index contributed by atoms with van der Waals surface area (Å²) in [6.07, 6.45) is 2.62. The van der Waals surface area contributed by atoms with Crippen LogP contribution in [-0.4, -0.2) is 68.0 Å². The van der Waals surface area contributed by atoms with E-state index in [1.807, 2.05) is 23.6 Å². The molecule has 2 atom stereocenters. The minimum atomic E-state index is -0.362. The van der Waals surface area contributed by atoms with Crippen LogP contribution in [0.1, 0.15) is 29.3 Å². The molecular weight excluding hydrogens is 498 g/mol. The van der Waals surface area contributed by atoms with Crippen molar-refractivity contribution >= 4 is 29.4 Å². The molecule has 0 fully saturated rings. The minimum absolute atomic E-state index is 0.0737. The molecule has 3 rings (SSSR count). The van der Waals surface area contributed by atoms with Crippen molar-refractivity contribution in [2.45, 2.75) is 32.2 Å². The summed E-state index contributed by atoms with van der Waals surface area (Å²) in [5.74, 6) is 0.633. The molecule has 1 aliphatic rings. The van der Waals surface area contributed by atoms with E-state index < -0.39 is 0 Å². The number of carbonyl (C=O) groups is 2. The van der Waals surface area contributed by atoms with Gasteiger partial charge in [0.1, 0.15) is 5.75 Å². The molecule has 11 heteroatoms. The third kappa shape index (κ3) is 8.21. The van der Waals surface area contributed by atoms with E-state index in [0.717, 1.165) is 23.4 Å². The number of benzene rings is 1. The summed E-state index contributed by atoms with van der Waals surface area (Å²) >= 11 is 6.26. The normalized spacial score (nSPS) is 16.6. The van der Waals surface area contributed by atoms with Crippen molar-refractivity contribution < 1.29 is 23.8 Å². The number of nitrogen functional groups attached to an aromatic ring is 1. The van der Waals surface area contributed by atoms with Crippen molar-refractivity contribution in [3.8, 4) is 5.75 Å². The van der Waals surface area contributed by atoms with Crippen LogP contribution in [0.4, 0.5) is 5.95 Å². The Bertz CT molecular complexity index is 1090. The Kier molecular flexibility index (Phi) is 10.8. The average Bonchev–Trinajstić information content (AvgIpc) is 3.16. The number of imidazole rings is 1.